The van der Waals surface area contributed by atoms with Crippen molar-refractivity contribution in [3.63, 3.8) is 0 Å². The Morgan fingerprint density at radius 2 is 1.31 bits per heavy atom. The summed E-state index contributed by atoms with van der Waals surface area (Å²) in [6.07, 6.45) is 0.962. The quantitative estimate of drug-likeness (QED) is 0.0310. The van der Waals surface area contributed by atoms with Gasteiger partial charge in [-0.2, -0.15) is 0 Å². The fraction of sp³-hybridized carbons (Fsp3) is 0.615. The van der Waals surface area contributed by atoms with Crippen molar-refractivity contribution in [2.24, 2.45) is 29.6 Å². The van der Waals surface area contributed by atoms with E-state index in [9.17, 15) is 57.8 Å². The van der Waals surface area contributed by atoms with Crippen molar-refractivity contribution in [1.82, 2.24) is 40.9 Å². The molecule has 1 saturated heterocycles. The first-order valence-corrected chi connectivity index (χ1v) is 32.8. The highest BCUT2D eigenvalue weighted by molar-refractivity contribution is 9.14. The first-order valence-electron chi connectivity index (χ1n) is 31.2. The molecule has 0 radical (unpaired) electrons. The van der Waals surface area contributed by atoms with Gasteiger partial charge in [-0.3, -0.25) is 53.0 Å². The highest BCUT2D eigenvalue weighted by Gasteiger charge is 2.44. The number of carboxylic acids is 1. The first-order chi connectivity index (χ1) is 42.9. The Balaban J connectivity index is 1.32. The number of nitrogens with zero attached hydrogens (tertiary/aromatic N) is 4. The van der Waals surface area contributed by atoms with Gasteiger partial charge in [-0.15, -0.1) is 0 Å². The number of benzene rings is 2. The average Bonchev–Trinajstić information content (AvgIpc) is 2.97. The third kappa shape index (κ3) is 21.4. The molecule has 0 spiro atoms. The molecule has 11 atom stereocenters. The second-order valence-electron chi connectivity index (χ2n) is 24.7. The van der Waals surface area contributed by atoms with Crippen LogP contribution in [0.15, 0.2) is 63.6 Å². The molecule has 0 unspecified atom stereocenters. The summed E-state index contributed by atoms with van der Waals surface area (Å²) >= 11 is 6.21. The van der Waals surface area contributed by atoms with Crippen LogP contribution in [0.1, 0.15) is 132 Å². The van der Waals surface area contributed by atoms with E-state index < -0.39 is 126 Å². The number of carbonyl (C=O) groups is 11. The van der Waals surface area contributed by atoms with Gasteiger partial charge < -0.3 is 55.7 Å². The van der Waals surface area contributed by atoms with Gasteiger partial charge in [0.2, 0.25) is 41.4 Å². The Hall–Kier alpha value is -6.77. The van der Waals surface area contributed by atoms with Crippen molar-refractivity contribution in [2.45, 2.75) is 188 Å². The minimum atomic E-state index is -1.19. The summed E-state index contributed by atoms with van der Waals surface area (Å²) in [6.45, 7) is 18.1. The number of ether oxygens (including phenoxy) is 3. The SMILES string of the molecule is CC[C@H](C)[C@@H]([C@@H](CC(=O)N1CCC[C@H]1[C@H](OC)[C@@H](C)C(=O)N[C@@H](Cc1ccccc1)C(=O)O)OC)N(C)C(=O)[C@@H](NC(=O)[C@H](C(C)C)N(C)C(=O)OCc1ccc(NC(=O)[C@H](C)NC(=O)[C@@H](NC(=O)CCCCCN2C(=O)C(Br)=C(Br)C2=O)C(C)C)cc1)C(C)C. The Labute approximate surface area is 552 Å². The maximum Gasteiger partial charge on any atom is 0.410 e. The molecule has 0 bridgehead atoms. The van der Waals surface area contributed by atoms with Crippen LogP contribution in [0, 0.1) is 29.6 Å². The number of amides is 10. The Morgan fingerprint density at radius 3 is 1.86 bits per heavy atom. The predicted molar refractivity (Wildman–Crippen MR) is 349 cm³/mol. The van der Waals surface area contributed by atoms with Crippen molar-refractivity contribution in [3.8, 4) is 0 Å². The molecule has 0 aliphatic carbocycles. The van der Waals surface area contributed by atoms with Gasteiger partial charge in [-0.25, -0.2) is 9.59 Å². The largest absolute Gasteiger partial charge is 0.480 e. The molecule has 0 saturated carbocycles. The van der Waals surface area contributed by atoms with Crippen LogP contribution >= 0.6 is 31.9 Å². The molecule has 2 aromatic carbocycles. The monoisotopic (exact) mass is 1400 g/mol. The number of aliphatic carboxylic acids is 1. The number of imide groups is 1. The molecule has 1 fully saturated rings. The van der Waals surface area contributed by atoms with Gasteiger partial charge >= 0.3 is 12.1 Å². The summed E-state index contributed by atoms with van der Waals surface area (Å²) in [4.78, 5) is 153. The van der Waals surface area contributed by atoms with E-state index in [2.05, 4.69) is 58.4 Å². The predicted octanol–water partition coefficient (Wildman–Crippen LogP) is 6.67. The van der Waals surface area contributed by atoms with E-state index in [1.54, 1.807) is 109 Å². The third-order valence-electron chi connectivity index (χ3n) is 16.9. The molecule has 2 aromatic rings. The molecule has 2 aliphatic heterocycles. The second kappa shape index (κ2) is 36.5. The van der Waals surface area contributed by atoms with Crippen LogP contribution in [0.4, 0.5) is 10.5 Å². The number of methoxy groups -OCH3 is 2. The smallest absolute Gasteiger partial charge is 0.410 e. The van der Waals surface area contributed by atoms with Gasteiger partial charge in [-0.1, -0.05) is 118 Å². The van der Waals surface area contributed by atoms with Crippen molar-refractivity contribution in [3.05, 3.63) is 74.7 Å². The van der Waals surface area contributed by atoms with E-state index in [1.807, 2.05) is 19.9 Å². The highest BCUT2D eigenvalue weighted by atomic mass is 79.9. The van der Waals surface area contributed by atoms with E-state index in [0.717, 1.165) is 10.5 Å². The number of likely N-dealkylation sites (N-methyl/N-ethyl adjacent to an activating group) is 2. The number of unbranched alkanes of at least 4 members (excludes halogenated alkanes) is 2. The number of halogens is 2. The van der Waals surface area contributed by atoms with Gasteiger partial charge in [0, 0.05) is 59.9 Å². The van der Waals surface area contributed by atoms with Crippen LogP contribution in [0.3, 0.4) is 0 Å². The summed E-state index contributed by atoms with van der Waals surface area (Å²) in [5, 5.41) is 23.8. The number of nitrogens with one attached hydrogen (secondary N) is 5. The molecule has 10 amide bonds. The standard InChI is InChI=1S/C65H95Br2N9O15/c1-15-39(8)55(47(89-13)34-49(78)75-32-22-25-46(75)56(90-14)40(9)57(79)70-45(64(86)87)33-42-23-18-16-19-24-42)73(11)63(85)53(37(4)5)72-60(82)54(38(6)7)74(12)65(88)91-35-43-27-29-44(30-28-43)69-58(80)41(10)68-59(81)52(36(2)3)71-48(77)26-20-17-21-31-76-61(83)50(66)51(67)62(76)84/h16,18-19,23-24,27-30,36-41,45-47,52-56H,15,17,20-22,25-26,31-35H2,1-14H3,(H,68,81)(H,69,80)(H,70,79)(H,71,77)(H,72,82)(H,86,87)/t39-,40+,41-,45-,46-,47+,52-,53-,54-,55-,56+/m0/s1. The zero-order valence-electron chi connectivity index (χ0n) is 55.0. The molecule has 504 valence electrons. The molecule has 2 aliphatic rings. The summed E-state index contributed by atoms with van der Waals surface area (Å²) in [5.41, 5.74) is 1.69. The Bertz CT molecular complexity index is 2870. The molecule has 2 heterocycles. The molecular formula is C65H95Br2N9O15. The second-order valence-corrected chi connectivity index (χ2v) is 26.3. The molecule has 26 heteroatoms. The summed E-state index contributed by atoms with van der Waals surface area (Å²) in [6, 6.07) is 9.02. The molecule has 91 heavy (non-hydrogen) atoms. The number of hydrogen-bond donors (Lipinski definition) is 6. The van der Waals surface area contributed by atoms with Crippen molar-refractivity contribution in [1.29, 1.82) is 0 Å². The lowest BCUT2D eigenvalue weighted by molar-refractivity contribution is -0.148. The van der Waals surface area contributed by atoms with Gasteiger partial charge in [0.1, 0.15) is 45.8 Å². The fourth-order valence-electron chi connectivity index (χ4n) is 11.5. The Kier molecular flexibility index (Phi) is 30.7. The minimum absolute atomic E-state index is 0.0812. The summed E-state index contributed by atoms with van der Waals surface area (Å²) < 4.78 is 18.0. The maximum atomic E-state index is 14.8. The normalized spacial score (nSPS) is 17.5. The van der Waals surface area contributed by atoms with E-state index in [1.165, 1.54) is 38.0 Å². The number of anilines is 1. The fourth-order valence-corrected chi connectivity index (χ4v) is 12.2. The van der Waals surface area contributed by atoms with Crippen molar-refractivity contribution < 1.29 is 72.1 Å². The topological polar surface area (TPSA) is 309 Å². The number of carbonyl (C=O) groups excluding carboxylic acids is 10. The number of hydrogen-bond acceptors (Lipinski definition) is 14. The number of likely N-dealkylation sites (tertiary alicyclic amines) is 1. The lowest BCUT2D eigenvalue weighted by Gasteiger charge is -2.41. The van der Waals surface area contributed by atoms with Crippen LogP contribution in [0.5, 0.6) is 0 Å². The first kappa shape index (κ1) is 76.7. The average molecular weight is 1400 g/mol. The van der Waals surface area contributed by atoms with E-state index >= 15 is 0 Å². The third-order valence-corrected chi connectivity index (χ3v) is 18.9. The van der Waals surface area contributed by atoms with E-state index in [0.29, 0.717) is 56.3 Å². The summed E-state index contributed by atoms with van der Waals surface area (Å²) in [7, 11) is 5.99. The van der Waals surface area contributed by atoms with Crippen LogP contribution in [-0.4, -0.2) is 186 Å². The molecule has 4 rings (SSSR count). The Morgan fingerprint density at radius 1 is 0.692 bits per heavy atom. The summed E-state index contributed by atoms with van der Waals surface area (Å²) in [5.74, 6) is -7.49. The van der Waals surface area contributed by atoms with E-state index in [4.69, 9.17) is 14.2 Å². The minimum Gasteiger partial charge on any atom is -0.480 e. The molecule has 0 aromatic heterocycles. The van der Waals surface area contributed by atoms with Crippen molar-refractivity contribution >= 4 is 103 Å². The molecular weight excluding hydrogens is 1310 g/mol. The van der Waals surface area contributed by atoms with Crippen LogP contribution in [0.2, 0.25) is 0 Å². The zero-order valence-corrected chi connectivity index (χ0v) is 58.1. The van der Waals surface area contributed by atoms with Crippen LogP contribution in [0.25, 0.3) is 0 Å². The van der Waals surface area contributed by atoms with Gasteiger partial charge in [0.15, 0.2) is 0 Å². The van der Waals surface area contributed by atoms with Crippen molar-refractivity contribution in [2.75, 3.05) is 46.7 Å². The lowest BCUT2D eigenvalue weighted by Crippen LogP contribution is -2.60. The van der Waals surface area contributed by atoms with Crippen LogP contribution in [-0.2, 0) is 75.2 Å². The maximum absolute atomic E-state index is 14.8. The molecule has 24 nitrogen and oxygen atoms in total. The highest BCUT2D eigenvalue weighted by Crippen LogP contribution is 2.32. The number of rotatable bonds is 35. The van der Waals surface area contributed by atoms with Crippen LogP contribution < -0.4 is 26.6 Å². The van der Waals surface area contributed by atoms with Gasteiger partial charge in [0.25, 0.3) is 11.8 Å². The zero-order chi connectivity index (χ0) is 68.1. The van der Waals surface area contributed by atoms with Gasteiger partial charge in [-0.05, 0) is 111 Å². The van der Waals surface area contributed by atoms with E-state index in [-0.39, 0.29) is 65.0 Å². The van der Waals surface area contributed by atoms with Gasteiger partial charge in [0.05, 0.1) is 36.6 Å². The number of carboxylic acid groups (broad SMARTS) is 1. The molecule has 6 N–H and O–H groups in total. The lowest BCUT2D eigenvalue weighted by atomic mass is 9.89.